The average Bonchev–Trinajstić information content (AvgIpc) is 3.00. The molecule has 3 aromatic carbocycles. The normalized spacial score (nSPS) is 11.4. The lowest BCUT2D eigenvalue weighted by molar-refractivity contribution is 0.871. The summed E-state index contributed by atoms with van der Waals surface area (Å²) in [6.45, 7) is 2.05. The minimum absolute atomic E-state index is 0.466. The maximum atomic E-state index is 5.35. The third-order valence-corrected chi connectivity index (χ3v) is 4.33. The fraction of sp³-hybridized carbons (Fsp3) is 0.0500. The average molecular weight is 344 g/mol. The van der Waals surface area contributed by atoms with Crippen LogP contribution in [0.15, 0.2) is 71.8 Å². The highest BCUT2D eigenvalue weighted by atomic mass is 32.1. The first-order valence-corrected chi connectivity index (χ1v) is 8.40. The van der Waals surface area contributed by atoms with Gasteiger partial charge in [0.2, 0.25) is 4.77 Å². The van der Waals surface area contributed by atoms with E-state index in [1.54, 1.807) is 4.68 Å². The van der Waals surface area contributed by atoms with E-state index in [1.807, 2.05) is 42.6 Å². The number of fused-ring (bicyclic) bond motifs is 1. The molecule has 1 aromatic heterocycles. The highest BCUT2D eigenvalue weighted by Crippen LogP contribution is 2.20. The van der Waals surface area contributed by atoms with E-state index in [0.717, 1.165) is 22.1 Å². The van der Waals surface area contributed by atoms with Crippen LogP contribution in [-0.2, 0) is 0 Å². The predicted molar refractivity (Wildman–Crippen MR) is 105 cm³/mol. The van der Waals surface area contributed by atoms with Crippen molar-refractivity contribution in [2.45, 2.75) is 6.92 Å². The van der Waals surface area contributed by atoms with Crippen LogP contribution in [0.25, 0.3) is 22.2 Å². The first-order chi connectivity index (χ1) is 12.2. The quantitative estimate of drug-likeness (QED) is 0.422. The summed E-state index contributed by atoms with van der Waals surface area (Å²) in [6.07, 6.45) is 1.83. The maximum Gasteiger partial charge on any atom is 0.216 e. The zero-order chi connectivity index (χ0) is 17.2. The van der Waals surface area contributed by atoms with Gasteiger partial charge in [-0.15, -0.1) is 0 Å². The molecule has 5 heteroatoms. The molecule has 4 nitrogen and oxygen atoms in total. The zero-order valence-electron chi connectivity index (χ0n) is 13.7. The Hall–Kier alpha value is -3.05. The van der Waals surface area contributed by atoms with Gasteiger partial charge in [0.05, 0.1) is 6.21 Å². The molecule has 0 aliphatic carbocycles. The molecule has 0 spiro atoms. The Bertz CT molecular complexity index is 1130. The molecule has 25 heavy (non-hydrogen) atoms. The van der Waals surface area contributed by atoms with Crippen molar-refractivity contribution in [1.29, 1.82) is 0 Å². The first kappa shape index (κ1) is 15.5. The number of H-pyrrole nitrogens is 1. The molecule has 0 atom stereocenters. The van der Waals surface area contributed by atoms with E-state index in [4.69, 9.17) is 12.2 Å². The molecule has 0 aliphatic heterocycles. The largest absolute Gasteiger partial charge is 0.250 e. The van der Waals surface area contributed by atoms with Gasteiger partial charge >= 0.3 is 0 Å². The lowest BCUT2D eigenvalue weighted by atomic mass is 10.1. The molecule has 0 bridgehead atoms. The SMILES string of the molecule is Cc1cccc(-c2n[nH]c(=S)n2/N=C/c2cccc3ccccc23)c1. The van der Waals surface area contributed by atoms with Gasteiger partial charge in [-0.05, 0) is 36.0 Å². The summed E-state index contributed by atoms with van der Waals surface area (Å²) < 4.78 is 2.12. The Morgan fingerprint density at radius 2 is 1.84 bits per heavy atom. The number of aromatic amines is 1. The molecule has 122 valence electrons. The number of nitrogens with one attached hydrogen (secondary N) is 1. The van der Waals surface area contributed by atoms with Gasteiger partial charge in [-0.2, -0.15) is 14.9 Å². The van der Waals surface area contributed by atoms with E-state index >= 15 is 0 Å². The Morgan fingerprint density at radius 1 is 1.04 bits per heavy atom. The molecule has 0 amide bonds. The summed E-state index contributed by atoms with van der Waals surface area (Å²) in [5.74, 6) is 0.699. The molecule has 1 N–H and O–H groups in total. The molecule has 0 aliphatic rings. The van der Waals surface area contributed by atoms with Gasteiger partial charge in [0.25, 0.3) is 0 Å². The van der Waals surface area contributed by atoms with Crippen LogP contribution >= 0.6 is 12.2 Å². The summed E-state index contributed by atoms with van der Waals surface area (Å²) >= 11 is 5.35. The Labute approximate surface area is 150 Å². The molecular weight excluding hydrogens is 328 g/mol. The van der Waals surface area contributed by atoms with E-state index in [0.29, 0.717) is 10.6 Å². The molecule has 1 heterocycles. The van der Waals surface area contributed by atoms with Crippen molar-refractivity contribution in [2.75, 3.05) is 0 Å². The van der Waals surface area contributed by atoms with Crippen LogP contribution in [0.3, 0.4) is 0 Å². The number of aromatic nitrogens is 3. The highest BCUT2D eigenvalue weighted by molar-refractivity contribution is 7.71. The molecule has 4 rings (SSSR count). The van der Waals surface area contributed by atoms with Crippen molar-refractivity contribution in [3.05, 3.63) is 82.6 Å². The van der Waals surface area contributed by atoms with E-state index in [9.17, 15) is 0 Å². The lowest BCUT2D eigenvalue weighted by Crippen LogP contribution is -1.95. The second kappa shape index (κ2) is 6.45. The third-order valence-electron chi connectivity index (χ3n) is 4.06. The molecule has 0 saturated carbocycles. The molecule has 0 saturated heterocycles. The first-order valence-electron chi connectivity index (χ1n) is 7.99. The van der Waals surface area contributed by atoms with Crippen molar-refractivity contribution < 1.29 is 0 Å². The number of nitrogens with zero attached hydrogens (tertiary/aromatic N) is 3. The van der Waals surface area contributed by atoms with Gasteiger partial charge in [0.1, 0.15) is 0 Å². The Kier molecular flexibility index (Phi) is 3.99. The molecule has 4 aromatic rings. The maximum absolute atomic E-state index is 5.35. The minimum Gasteiger partial charge on any atom is -0.250 e. The molecule has 0 radical (unpaired) electrons. The van der Waals surface area contributed by atoms with Crippen LogP contribution in [-0.4, -0.2) is 21.1 Å². The van der Waals surface area contributed by atoms with Gasteiger partial charge in [-0.1, -0.05) is 66.2 Å². The van der Waals surface area contributed by atoms with Crippen LogP contribution in [0.2, 0.25) is 0 Å². The van der Waals surface area contributed by atoms with Crippen molar-refractivity contribution >= 4 is 29.2 Å². The number of rotatable bonds is 3. The highest BCUT2D eigenvalue weighted by Gasteiger charge is 2.08. The number of hydrogen-bond donors (Lipinski definition) is 1. The van der Waals surface area contributed by atoms with E-state index in [1.165, 1.54) is 5.39 Å². The van der Waals surface area contributed by atoms with Gasteiger partial charge < -0.3 is 0 Å². The topological polar surface area (TPSA) is 46.0 Å². The number of aryl methyl sites for hydroxylation is 1. The monoisotopic (exact) mass is 344 g/mol. The summed E-state index contributed by atoms with van der Waals surface area (Å²) in [4.78, 5) is 0. The van der Waals surface area contributed by atoms with Crippen LogP contribution in [0, 0.1) is 11.7 Å². The molecule has 0 fully saturated rings. The second-order valence-electron chi connectivity index (χ2n) is 5.85. The Morgan fingerprint density at radius 3 is 2.72 bits per heavy atom. The minimum atomic E-state index is 0.466. The van der Waals surface area contributed by atoms with E-state index < -0.39 is 0 Å². The number of hydrogen-bond acceptors (Lipinski definition) is 3. The Balaban J connectivity index is 1.80. The predicted octanol–water partition coefficient (Wildman–Crippen LogP) is 4.95. The fourth-order valence-electron chi connectivity index (χ4n) is 2.85. The number of benzene rings is 3. The van der Waals surface area contributed by atoms with Crippen molar-refractivity contribution in [2.24, 2.45) is 5.10 Å². The molecular formula is C20H16N4S. The standard InChI is InChI=1S/C20H16N4S/c1-14-6-4-9-16(12-14)19-22-23-20(25)24(19)21-13-17-10-5-8-15-7-2-3-11-18(15)17/h2-13H,1H3,(H,23,25)/b21-13+. The summed E-state index contributed by atoms with van der Waals surface area (Å²) in [7, 11) is 0. The fourth-order valence-corrected chi connectivity index (χ4v) is 3.03. The van der Waals surface area contributed by atoms with E-state index in [-0.39, 0.29) is 0 Å². The van der Waals surface area contributed by atoms with Crippen molar-refractivity contribution in [1.82, 2.24) is 14.9 Å². The van der Waals surface area contributed by atoms with Crippen molar-refractivity contribution in [3.63, 3.8) is 0 Å². The summed E-state index contributed by atoms with van der Waals surface area (Å²) in [6, 6.07) is 22.5. The van der Waals surface area contributed by atoms with Crippen molar-refractivity contribution in [3.8, 4) is 11.4 Å². The second-order valence-corrected chi connectivity index (χ2v) is 6.23. The van der Waals surface area contributed by atoms with E-state index in [2.05, 4.69) is 52.6 Å². The smallest absolute Gasteiger partial charge is 0.216 e. The van der Waals surface area contributed by atoms with Crippen LogP contribution < -0.4 is 0 Å². The lowest BCUT2D eigenvalue weighted by Gasteiger charge is -2.03. The van der Waals surface area contributed by atoms with Gasteiger partial charge in [0, 0.05) is 11.1 Å². The summed E-state index contributed by atoms with van der Waals surface area (Å²) in [5.41, 5.74) is 3.18. The third kappa shape index (κ3) is 3.02. The van der Waals surface area contributed by atoms with Crippen LogP contribution in [0.4, 0.5) is 0 Å². The molecule has 0 unspecified atom stereocenters. The van der Waals surface area contributed by atoms with Gasteiger partial charge in [-0.25, -0.2) is 5.10 Å². The van der Waals surface area contributed by atoms with Crippen LogP contribution in [0.5, 0.6) is 0 Å². The van der Waals surface area contributed by atoms with Gasteiger partial charge in [-0.3, -0.25) is 0 Å². The summed E-state index contributed by atoms with van der Waals surface area (Å²) in [5, 5.41) is 14.1. The zero-order valence-corrected chi connectivity index (χ0v) is 14.5. The van der Waals surface area contributed by atoms with Gasteiger partial charge in [0.15, 0.2) is 5.82 Å². The van der Waals surface area contributed by atoms with Crippen LogP contribution in [0.1, 0.15) is 11.1 Å².